The summed E-state index contributed by atoms with van der Waals surface area (Å²) in [6.07, 6.45) is 23.0. The maximum atomic E-state index is 11.7. The second-order valence-electron chi connectivity index (χ2n) is 9.52. The Hall–Kier alpha value is 0.200. The first-order valence-electron chi connectivity index (χ1n) is 13.4. The number of carboxylic acids is 2. The minimum atomic E-state index is -1.81. The Morgan fingerprint density at radius 3 is 0.906 bits per heavy atom. The van der Waals surface area contributed by atoms with Gasteiger partial charge in [0.15, 0.2) is 0 Å². The Labute approximate surface area is 228 Å². The number of rotatable bonds is 24. The molecule has 0 aromatic carbocycles. The fourth-order valence-corrected chi connectivity index (χ4v) is 4.45. The zero-order valence-electron chi connectivity index (χ0n) is 21.4. The van der Waals surface area contributed by atoms with Gasteiger partial charge in [-0.1, -0.05) is 142 Å². The van der Waals surface area contributed by atoms with Crippen LogP contribution in [-0.4, -0.2) is 49.7 Å². The van der Waals surface area contributed by atoms with Crippen LogP contribution in [0, 0.1) is 5.41 Å². The molecule has 5 heteroatoms. The van der Waals surface area contributed by atoms with Crippen LogP contribution in [0.25, 0.3) is 0 Å². The largest absolute Gasteiger partial charge is 2.00 e. The predicted octanol–water partition coefficient (Wildman–Crippen LogP) is 5.71. The summed E-state index contributed by atoms with van der Waals surface area (Å²) in [7, 11) is 0. The van der Waals surface area contributed by atoms with Gasteiger partial charge in [0, 0.05) is 5.41 Å². The van der Waals surface area contributed by atoms with E-state index in [-0.39, 0.29) is 50.6 Å². The van der Waals surface area contributed by atoms with Crippen molar-refractivity contribution in [1.29, 1.82) is 0 Å². The molecule has 0 spiro atoms. The Kier molecular flexibility index (Phi) is 26.1. The van der Waals surface area contributed by atoms with E-state index in [0.29, 0.717) is 12.8 Å². The van der Waals surface area contributed by atoms with Crippen LogP contribution in [0.3, 0.4) is 0 Å². The van der Waals surface area contributed by atoms with Gasteiger partial charge >= 0.3 is 37.7 Å². The van der Waals surface area contributed by atoms with Crippen molar-refractivity contribution in [1.82, 2.24) is 0 Å². The maximum absolute atomic E-state index is 11.7. The van der Waals surface area contributed by atoms with Crippen molar-refractivity contribution in [3.63, 3.8) is 0 Å². The van der Waals surface area contributed by atoms with Crippen molar-refractivity contribution in [2.45, 2.75) is 155 Å². The van der Waals surface area contributed by atoms with Crippen LogP contribution < -0.4 is 10.2 Å². The molecule has 0 aromatic rings. The quantitative estimate of drug-likeness (QED) is 0.101. The molecule has 0 atom stereocenters. The van der Waals surface area contributed by atoms with Crippen LogP contribution in [-0.2, 0) is 9.59 Å². The van der Waals surface area contributed by atoms with E-state index in [1.54, 1.807) is 0 Å². The molecule has 184 valence electrons. The summed E-state index contributed by atoms with van der Waals surface area (Å²) in [5, 5.41) is 23.4. The molecule has 0 aromatic heterocycles. The van der Waals surface area contributed by atoms with E-state index >= 15 is 0 Å². The van der Waals surface area contributed by atoms with Gasteiger partial charge in [0.1, 0.15) is 0 Å². The fraction of sp³-hybridized carbons (Fsp3) is 0.926. The van der Waals surface area contributed by atoms with Crippen molar-refractivity contribution in [3.8, 4) is 0 Å². The maximum Gasteiger partial charge on any atom is 2.00 e. The molecule has 0 aliphatic heterocycles. The molecular formula is C27H50CaO4. The minimum Gasteiger partial charge on any atom is -0.549 e. The second kappa shape index (κ2) is 24.3. The number of carbonyl (C=O) groups excluding carboxylic acids is 2. The zero-order valence-corrected chi connectivity index (χ0v) is 23.6. The summed E-state index contributed by atoms with van der Waals surface area (Å²) >= 11 is 0. The second-order valence-corrected chi connectivity index (χ2v) is 9.52. The van der Waals surface area contributed by atoms with Crippen molar-refractivity contribution in [2.24, 2.45) is 5.41 Å². The van der Waals surface area contributed by atoms with Gasteiger partial charge in [-0.25, -0.2) is 0 Å². The van der Waals surface area contributed by atoms with E-state index in [4.69, 9.17) is 0 Å². The van der Waals surface area contributed by atoms with E-state index in [1.807, 2.05) is 0 Å². The van der Waals surface area contributed by atoms with Gasteiger partial charge in [-0.3, -0.25) is 0 Å². The van der Waals surface area contributed by atoms with Crippen molar-refractivity contribution in [3.05, 3.63) is 0 Å². The summed E-state index contributed by atoms with van der Waals surface area (Å²) in [4.78, 5) is 23.4. The summed E-state index contributed by atoms with van der Waals surface area (Å²) in [6.45, 7) is 4.44. The Morgan fingerprint density at radius 2 is 0.688 bits per heavy atom. The smallest absolute Gasteiger partial charge is 0.549 e. The average molecular weight is 479 g/mol. The van der Waals surface area contributed by atoms with Gasteiger partial charge in [-0.05, 0) is 12.8 Å². The van der Waals surface area contributed by atoms with Gasteiger partial charge in [-0.2, -0.15) is 0 Å². The molecule has 0 rings (SSSR count). The third kappa shape index (κ3) is 17.6. The fourth-order valence-electron chi connectivity index (χ4n) is 4.45. The summed E-state index contributed by atoms with van der Waals surface area (Å²) in [6, 6.07) is 0. The van der Waals surface area contributed by atoms with E-state index < -0.39 is 17.4 Å². The zero-order chi connectivity index (χ0) is 23.2. The summed E-state index contributed by atoms with van der Waals surface area (Å²) in [5.41, 5.74) is -1.81. The number of hydrogen-bond donors (Lipinski definition) is 0. The first kappa shape index (κ1) is 34.4. The molecular weight excluding hydrogens is 428 g/mol. The van der Waals surface area contributed by atoms with Crippen LogP contribution in [0.5, 0.6) is 0 Å². The van der Waals surface area contributed by atoms with E-state index in [2.05, 4.69) is 13.8 Å². The molecule has 0 unspecified atom stereocenters. The molecule has 0 aliphatic rings. The number of aliphatic carboxylic acids is 2. The monoisotopic (exact) mass is 478 g/mol. The predicted molar refractivity (Wildman–Crippen MR) is 131 cm³/mol. The third-order valence-corrected chi connectivity index (χ3v) is 6.70. The normalized spacial score (nSPS) is 11.3. The minimum absolute atomic E-state index is 0. The standard InChI is InChI=1S/C27H52O4.Ca/c1-3-5-7-9-11-13-15-17-19-21-23-27(25(28)29,26(30)31)24-22-20-18-16-14-12-10-8-6-4-2;/h3-24H2,1-2H3,(H,28,29)(H,30,31);/q;+2/p-2. The Balaban J connectivity index is 0. The number of carboxylic acid groups (broad SMARTS) is 2. The number of carbonyl (C=O) groups is 2. The molecule has 0 radical (unpaired) electrons. The van der Waals surface area contributed by atoms with Gasteiger partial charge < -0.3 is 19.8 Å². The number of unbranched alkanes of at least 4 members (excludes halogenated alkanes) is 18. The molecule has 0 amide bonds. The summed E-state index contributed by atoms with van der Waals surface area (Å²) < 4.78 is 0. The van der Waals surface area contributed by atoms with Gasteiger partial charge in [0.2, 0.25) is 0 Å². The molecule has 32 heavy (non-hydrogen) atoms. The molecule has 4 nitrogen and oxygen atoms in total. The number of hydrogen-bond acceptors (Lipinski definition) is 4. The van der Waals surface area contributed by atoms with Crippen LogP contribution in [0.2, 0.25) is 0 Å². The topological polar surface area (TPSA) is 80.3 Å². The van der Waals surface area contributed by atoms with Crippen LogP contribution in [0.1, 0.15) is 155 Å². The molecule has 0 fully saturated rings. The molecule has 0 aliphatic carbocycles. The van der Waals surface area contributed by atoms with Crippen LogP contribution >= 0.6 is 0 Å². The SMILES string of the molecule is CCCCCCCCCCCCC(CCCCCCCCCCCC)(C(=O)[O-])C(=O)[O-].[Ca+2]. The van der Waals surface area contributed by atoms with Crippen molar-refractivity contribution in [2.75, 3.05) is 0 Å². The Bertz CT molecular complexity index is 399. The van der Waals surface area contributed by atoms with Crippen LogP contribution in [0.15, 0.2) is 0 Å². The van der Waals surface area contributed by atoms with E-state index in [0.717, 1.165) is 38.5 Å². The molecule has 0 saturated carbocycles. The third-order valence-electron chi connectivity index (χ3n) is 6.70. The average Bonchev–Trinajstić information content (AvgIpc) is 2.74. The van der Waals surface area contributed by atoms with Gasteiger partial charge in [-0.15, -0.1) is 0 Å². The van der Waals surface area contributed by atoms with Crippen LogP contribution in [0.4, 0.5) is 0 Å². The molecule has 0 heterocycles. The van der Waals surface area contributed by atoms with Gasteiger partial charge in [0.05, 0.1) is 11.9 Å². The summed E-state index contributed by atoms with van der Waals surface area (Å²) in [5.74, 6) is -2.92. The van der Waals surface area contributed by atoms with Crippen molar-refractivity contribution < 1.29 is 19.8 Å². The first-order valence-corrected chi connectivity index (χ1v) is 13.4. The Morgan fingerprint density at radius 1 is 0.469 bits per heavy atom. The molecule has 0 saturated heterocycles. The molecule has 0 bridgehead atoms. The van der Waals surface area contributed by atoms with E-state index in [9.17, 15) is 19.8 Å². The van der Waals surface area contributed by atoms with Gasteiger partial charge in [0.25, 0.3) is 0 Å². The first-order chi connectivity index (χ1) is 15.0. The van der Waals surface area contributed by atoms with Crippen molar-refractivity contribution >= 4 is 49.7 Å². The molecule has 0 N–H and O–H groups in total. The van der Waals surface area contributed by atoms with E-state index in [1.165, 1.54) is 77.0 Å².